The molecule has 0 aliphatic heterocycles. The highest BCUT2D eigenvalue weighted by molar-refractivity contribution is 8.00. The molecular formula is C36H35NO5S2. The van der Waals surface area contributed by atoms with E-state index in [2.05, 4.69) is 36.4 Å². The summed E-state index contributed by atoms with van der Waals surface area (Å²) in [5.41, 5.74) is 2.16. The molecule has 0 saturated heterocycles. The number of aromatic hydroxyl groups is 1. The Labute approximate surface area is 263 Å². The summed E-state index contributed by atoms with van der Waals surface area (Å²) in [6, 6.07) is 39.6. The van der Waals surface area contributed by atoms with E-state index in [1.54, 1.807) is 56.8 Å². The van der Waals surface area contributed by atoms with Crippen molar-refractivity contribution in [3.05, 3.63) is 144 Å². The van der Waals surface area contributed by atoms with Crippen molar-refractivity contribution >= 4 is 38.7 Å². The van der Waals surface area contributed by atoms with Crippen LogP contribution in [0.2, 0.25) is 0 Å². The number of hydrogen-bond donors (Lipinski definition) is 1. The zero-order valence-electron chi connectivity index (χ0n) is 24.9. The molecule has 0 aliphatic rings. The lowest BCUT2D eigenvalue weighted by atomic mass is 9.84. The van der Waals surface area contributed by atoms with E-state index < -0.39 is 26.5 Å². The predicted molar refractivity (Wildman–Crippen MR) is 177 cm³/mol. The van der Waals surface area contributed by atoms with E-state index in [1.165, 1.54) is 12.1 Å². The molecular weight excluding hydrogens is 591 g/mol. The van der Waals surface area contributed by atoms with E-state index in [9.17, 15) is 18.3 Å². The van der Waals surface area contributed by atoms with Crippen molar-refractivity contribution in [1.29, 1.82) is 0 Å². The fourth-order valence-corrected chi connectivity index (χ4v) is 8.39. The average Bonchev–Trinajstić information content (AvgIpc) is 3.01. The summed E-state index contributed by atoms with van der Waals surface area (Å²) >= 11 is 1.56. The summed E-state index contributed by atoms with van der Waals surface area (Å²) in [4.78, 5) is 13.5. The second-order valence-electron chi connectivity index (χ2n) is 11.3. The van der Waals surface area contributed by atoms with Gasteiger partial charge in [-0.15, -0.1) is 11.8 Å². The van der Waals surface area contributed by atoms with Gasteiger partial charge in [0.25, 0.3) is 10.0 Å². The first-order valence-corrected chi connectivity index (χ1v) is 16.7. The first-order chi connectivity index (χ1) is 21.0. The molecule has 5 aromatic rings. The molecule has 8 heteroatoms. The molecule has 5 aromatic carbocycles. The van der Waals surface area contributed by atoms with Crippen LogP contribution >= 0.6 is 11.8 Å². The molecule has 1 N–H and O–H groups in total. The number of carbonyl (C=O) groups is 1. The highest BCUT2D eigenvalue weighted by Gasteiger charge is 2.39. The first kappa shape index (κ1) is 31.2. The molecule has 0 radical (unpaired) electrons. The minimum absolute atomic E-state index is 0.0442. The Morgan fingerprint density at radius 3 is 1.68 bits per heavy atom. The van der Waals surface area contributed by atoms with Crippen molar-refractivity contribution in [2.45, 2.75) is 36.0 Å². The number of nitrogens with zero attached hydrogens (tertiary/aromatic N) is 1. The minimum atomic E-state index is -4.39. The third-order valence-corrected chi connectivity index (χ3v) is 10.5. The number of fused-ring (bicyclic) bond motifs is 1. The van der Waals surface area contributed by atoms with Crippen LogP contribution in [-0.2, 0) is 19.5 Å². The van der Waals surface area contributed by atoms with Crippen LogP contribution in [0.4, 0.5) is 4.79 Å². The largest absolute Gasteiger partial charge is 0.507 e. The Kier molecular flexibility index (Phi) is 9.04. The van der Waals surface area contributed by atoms with Crippen LogP contribution in [0.3, 0.4) is 0 Å². The zero-order valence-corrected chi connectivity index (χ0v) is 26.5. The highest BCUT2D eigenvalue weighted by Crippen LogP contribution is 2.48. The number of amides is 1. The van der Waals surface area contributed by atoms with E-state index in [-0.39, 0.29) is 22.9 Å². The normalized spacial score (nSPS) is 12.2. The summed E-state index contributed by atoms with van der Waals surface area (Å²) in [6.45, 7) is 4.95. The van der Waals surface area contributed by atoms with Crippen LogP contribution < -0.4 is 0 Å². The Hall–Kier alpha value is -4.27. The number of phenolic OH excluding ortho intramolecular Hbond substituents is 1. The van der Waals surface area contributed by atoms with Crippen molar-refractivity contribution in [2.24, 2.45) is 0 Å². The summed E-state index contributed by atoms with van der Waals surface area (Å²) in [5, 5.41) is 11.1. The third kappa shape index (κ3) is 6.32. The molecule has 226 valence electrons. The Bertz CT molecular complexity index is 1740. The summed E-state index contributed by atoms with van der Waals surface area (Å²) in [5.74, 6) is 0.213. The van der Waals surface area contributed by atoms with Crippen LogP contribution in [0.15, 0.2) is 132 Å². The van der Waals surface area contributed by atoms with Gasteiger partial charge in [-0.25, -0.2) is 13.2 Å². The monoisotopic (exact) mass is 625 g/mol. The molecule has 0 unspecified atom stereocenters. The molecule has 0 saturated carbocycles. The fourth-order valence-electron chi connectivity index (χ4n) is 5.28. The number of rotatable bonds is 9. The molecule has 44 heavy (non-hydrogen) atoms. The van der Waals surface area contributed by atoms with Crippen LogP contribution in [0, 0.1) is 0 Å². The van der Waals surface area contributed by atoms with Crippen molar-refractivity contribution in [2.75, 3.05) is 12.3 Å². The summed E-state index contributed by atoms with van der Waals surface area (Å²) in [6.07, 6.45) is -0.958. The third-order valence-electron chi connectivity index (χ3n) is 7.18. The second kappa shape index (κ2) is 12.8. The van der Waals surface area contributed by atoms with Gasteiger partial charge in [0.2, 0.25) is 0 Å². The van der Waals surface area contributed by atoms with Gasteiger partial charge in [-0.1, -0.05) is 115 Å². The van der Waals surface area contributed by atoms with Gasteiger partial charge in [-0.3, -0.25) is 0 Å². The van der Waals surface area contributed by atoms with E-state index in [1.807, 2.05) is 54.6 Å². The van der Waals surface area contributed by atoms with Crippen molar-refractivity contribution in [1.82, 2.24) is 4.31 Å². The first-order valence-electron chi connectivity index (χ1n) is 14.3. The van der Waals surface area contributed by atoms with Gasteiger partial charge in [0.15, 0.2) is 0 Å². The van der Waals surface area contributed by atoms with Crippen molar-refractivity contribution in [3.8, 4) is 5.75 Å². The molecule has 0 aromatic heterocycles. The lowest BCUT2D eigenvalue weighted by Crippen LogP contribution is -2.42. The Morgan fingerprint density at radius 2 is 1.18 bits per heavy atom. The molecule has 0 fully saturated rings. The molecule has 1 amide bonds. The lowest BCUT2D eigenvalue weighted by molar-refractivity contribution is 0.0398. The van der Waals surface area contributed by atoms with Gasteiger partial charge in [-0.05, 0) is 49.6 Å². The molecule has 6 nitrogen and oxygen atoms in total. The van der Waals surface area contributed by atoms with Crippen molar-refractivity contribution in [3.63, 3.8) is 0 Å². The average molecular weight is 626 g/mol. The number of carbonyl (C=O) groups excluding carboxylic acids is 1. The number of phenols is 1. The zero-order chi connectivity index (χ0) is 31.4. The summed E-state index contributed by atoms with van der Waals surface area (Å²) in [7, 11) is -4.39. The van der Waals surface area contributed by atoms with Crippen LogP contribution in [0.5, 0.6) is 5.75 Å². The molecule has 0 atom stereocenters. The molecule has 0 aliphatic carbocycles. The number of thioether (sulfide) groups is 1. The predicted octanol–water partition coefficient (Wildman–Crippen LogP) is 8.20. The van der Waals surface area contributed by atoms with Crippen LogP contribution in [-0.4, -0.2) is 41.8 Å². The van der Waals surface area contributed by atoms with E-state index >= 15 is 0 Å². The standard InChI is InChI=1S/C36H35NO5S2/c1-35(2,3)42-34(39)37(44(40,41)33-24-14-21-30-31(33)22-13-23-32(30)38)25-26-43-36(27-15-7-4-8-16-27,28-17-9-5-10-18-28)29-19-11-6-12-20-29/h4-24,38H,25-26H2,1-3H3. The Balaban J connectivity index is 1.59. The molecule has 0 bridgehead atoms. The number of hydrogen-bond acceptors (Lipinski definition) is 6. The number of sulfonamides is 1. The highest BCUT2D eigenvalue weighted by atomic mass is 32.2. The SMILES string of the molecule is CC(C)(C)OC(=O)N(CCSC(c1ccccc1)(c1ccccc1)c1ccccc1)S(=O)(=O)c1cccc2c(O)cccc12. The van der Waals surface area contributed by atoms with Crippen LogP contribution in [0.1, 0.15) is 37.5 Å². The van der Waals surface area contributed by atoms with Gasteiger partial charge in [-0.2, -0.15) is 4.31 Å². The number of ether oxygens (including phenoxy) is 1. The quantitative estimate of drug-likeness (QED) is 0.166. The fraction of sp³-hybridized carbons (Fsp3) is 0.194. The van der Waals surface area contributed by atoms with Gasteiger partial charge in [0.05, 0.1) is 9.64 Å². The maximum atomic E-state index is 14.3. The van der Waals surface area contributed by atoms with Gasteiger partial charge < -0.3 is 9.84 Å². The van der Waals surface area contributed by atoms with E-state index in [0.717, 1.165) is 21.0 Å². The lowest BCUT2D eigenvalue weighted by Gasteiger charge is -2.36. The van der Waals surface area contributed by atoms with E-state index in [0.29, 0.717) is 10.8 Å². The van der Waals surface area contributed by atoms with Gasteiger partial charge in [0, 0.05) is 23.1 Å². The second-order valence-corrected chi connectivity index (χ2v) is 14.5. The molecule has 0 spiro atoms. The Morgan fingerprint density at radius 1 is 0.705 bits per heavy atom. The molecule has 5 rings (SSSR count). The maximum Gasteiger partial charge on any atom is 0.424 e. The van der Waals surface area contributed by atoms with E-state index in [4.69, 9.17) is 4.74 Å². The minimum Gasteiger partial charge on any atom is -0.507 e. The van der Waals surface area contributed by atoms with Gasteiger partial charge >= 0.3 is 6.09 Å². The summed E-state index contributed by atoms with van der Waals surface area (Å²) < 4.78 is 34.3. The maximum absolute atomic E-state index is 14.3. The van der Waals surface area contributed by atoms with Crippen molar-refractivity contribution < 1.29 is 23.1 Å². The topological polar surface area (TPSA) is 83.9 Å². The molecule has 0 heterocycles. The number of benzene rings is 5. The smallest absolute Gasteiger partial charge is 0.424 e. The van der Waals surface area contributed by atoms with Gasteiger partial charge in [0.1, 0.15) is 11.4 Å². The van der Waals surface area contributed by atoms with Crippen LogP contribution in [0.25, 0.3) is 10.8 Å².